The molecule has 0 spiro atoms. The van der Waals surface area contributed by atoms with Crippen molar-refractivity contribution in [1.29, 1.82) is 0 Å². The van der Waals surface area contributed by atoms with Gasteiger partial charge in [-0.25, -0.2) is 4.79 Å². The number of amides is 4. The van der Waals surface area contributed by atoms with Crippen molar-refractivity contribution in [3.05, 3.63) is 53.6 Å². The van der Waals surface area contributed by atoms with E-state index >= 15 is 0 Å². The molecule has 8 nitrogen and oxygen atoms in total. The standard InChI is InChI=1S/C22H23N3O5/c1-3-4-14-5-7-15(8-6-14)22(2)20(27)25(21(28)24-22)12-19(26)23-16-9-10-17-18(11-16)30-13-29-17/h5-11H,3-4,12-13H2,1-2H3,(H,23,26)(H,24,28)/t22-/m1/s1. The van der Waals surface area contributed by atoms with Gasteiger partial charge in [0.25, 0.3) is 5.91 Å². The fourth-order valence-corrected chi connectivity index (χ4v) is 3.65. The van der Waals surface area contributed by atoms with Gasteiger partial charge in [-0.1, -0.05) is 37.6 Å². The van der Waals surface area contributed by atoms with Crippen LogP contribution >= 0.6 is 0 Å². The van der Waals surface area contributed by atoms with E-state index in [2.05, 4.69) is 17.6 Å². The van der Waals surface area contributed by atoms with Gasteiger partial charge in [-0.15, -0.1) is 0 Å². The lowest BCUT2D eigenvalue weighted by Gasteiger charge is -2.22. The molecular weight excluding hydrogens is 386 g/mol. The normalized spacial score (nSPS) is 19.7. The van der Waals surface area contributed by atoms with Gasteiger partial charge in [0.05, 0.1) is 0 Å². The topological polar surface area (TPSA) is 97.0 Å². The van der Waals surface area contributed by atoms with Crippen molar-refractivity contribution >= 4 is 23.5 Å². The number of hydrogen-bond donors (Lipinski definition) is 2. The van der Waals surface area contributed by atoms with E-state index in [1.165, 1.54) is 5.56 Å². The van der Waals surface area contributed by atoms with Crippen LogP contribution in [0.25, 0.3) is 0 Å². The van der Waals surface area contributed by atoms with E-state index in [4.69, 9.17) is 9.47 Å². The van der Waals surface area contributed by atoms with E-state index in [1.807, 2.05) is 24.3 Å². The highest BCUT2D eigenvalue weighted by molar-refractivity contribution is 6.10. The second-order valence-electron chi connectivity index (χ2n) is 7.51. The van der Waals surface area contributed by atoms with E-state index < -0.39 is 23.4 Å². The number of imide groups is 1. The van der Waals surface area contributed by atoms with E-state index in [0.29, 0.717) is 22.7 Å². The Morgan fingerprint density at radius 2 is 1.87 bits per heavy atom. The molecule has 2 aromatic rings. The summed E-state index contributed by atoms with van der Waals surface area (Å²) in [5.74, 6) is 0.182. The molecule has 4 amide bonds. The molecule has 8 heteroatoms. The Hall–Kier alpha value is -3.55. The maximum Gasteiger partial charge on any atom is 0.325 e. The lowest BCUT2D eigenvalue weighted by molar-refractivity contribution is -0.133. The summed E-state index contributed by atoms with van der Waals surface area (Å²) in [6.07, 6.45) is 1.97. The van der Waals surface area contributed by atoms with Crippen LogP contribution in [0, 0.1) is 0 Å². The van der Waals surface area contributed by atoms with Gasteiger partial charge in [0, 0.05) is 11.8 Å². The number of ether oxygens (including phenoxy) is 2. The first-order valence-electron chi connectivity index (χ1n) is 9.84. The molecule has 2 N–H and O–H groups in total. The summed E-state index contributed by atoms with van der Waals surface area (Å²) in [4.78, 5) is 38.9. The maximum atomic E-state index is 13.0. The number of carbonyl (C=O) groups excluding carboxylic acids is 3. The van der Waals surface area contributed by atoms with Crippen LogP contribution in [0.15, 0.2) is 42.5 Å². The van der Waals surface area contributed by atoms with Crippen LogP contribution in [0.2, 0.25) is 0 Å². The van der Waals surface area contributed by atoms with Gasteiger partial charge < -0.3 is 20.1 Å². The summed E-state index contributed by atoms with van der Waals surface area (Å²) in [7, 11) is 0. The summed E-state index contributed by atoms with van der Waals surface area (Å²) >= 11 is 0. The first-order chi connectivity index (χ1) is 14.4. The molecule has 156 valence electrons. The molecule has 2 heterocycles. The van der Waals surface area contributed by atoms with Gasteiger partial charge in [0.2, 0.25) is 12.7 Å². The van der Waals surface area contributed by atoms with E-state index in [1.54, 1.807) is 25.1 Å². The van der Waals surface area contributed by atoms with Crippen LogP contribution in [0.5, 0.6) is 11.5 Å². The number of nitrogens with zero attached hydrogens (tertiary/aromatic N) is 1. The Morgan fingerprint density at radius 3 is 2.60 bits per heavy atom. The van der Waals surface area contributed by atoms with Crippen LogP contribution < -0.4 is 20.1 Å². The highest BCUT2D eigenvalue weighted by Gasteiger charge is 2.49. The third-order valence-corrected chi connectivity index (χ3v) is 5.30. The van der Waals surface area contributed by atoms with Gasteiger partial charge in [0.15, 0.2) is 11.5 Å². The summed E-state index contributed by atoms with van der Waals surface area (Å²) < 4.78 is 10.5. The molecule has 0 aromatic heterocycles. The predicted octanol–water partition coefficient (Wildman–Crippen LogP) is 2.77. The van der Waals surface area contributed by atoms with Crippen molar-refractivity contribution in [2.75, 3.05) is 18.7 Å². The van der Waals surface area contributed by atoms with Gasteiger partial charge >= 0.3 is 6.03 Å². The van der Waals surface area contributed by atoms with Crippen molar-refractivity contribution in [3.63, 3.8) is 0 Å². The molecule has 0 radical (unpaired) electrons. The quantitative estimate of drug-likeness (QED) is 0.715. The van der Waals surface area contributed by atoms with E-state index in [-0.39, 0.29) is 13.3 Å². The number of aryl methyl sites for hydroxylation is 1. The average molecular weight is 409 g/mol. The molecule has 1 fully saturated rings. The average Bonchev–Trinajstić information content (AvgIpc) is 3.27. The SMILES string of the molecule is CCCc1ccc([C@@]2(C)NC(=O)N(CC(=O)Nc3ccc4c(c3)OCO4)C2=O)cc1. The highest BCUT2D eigenvalue weighted by atomic mass is 16.7. The Kier molecular flexibility index (Phi) is 5.07. The number of fused-ring (bicyclic) bond motifs is 1. The third kappa shape index (κ3) is 3.56. The molecule has 1 saturated heterocycles. The zero-order valence-electron chi connectivity index (χ0n) is 16.9. The van der Waals surface area contributed by atoms with Crippen molar-refractivity contribution < 1.29 is 23.9 Å². The number of benzene rings is 2. The smallest absolute Gasteiger partial charge is 0.325 e. The number of hydrogen-bond acceptors (Lipinski definition) is 5. The zero-order valence-corrected chi connectivity index (χ0v) is 16.9. The van der Waals surface area contributed by atoms with Crippen molar-refractivity contribution in [2.45, 2.75) is 32.2 Å². The Balaban J connectivity index is 1.45. The first kappa shape index (κ1) is 19.8. The summed E-state index contributed by atoms with van der Waals surface area (Å²) in [6.45, 7) is 3.50. The zero-order chi connectivity index (χ0) is 21.3. The fraction of sp³-hybridized carbons (Fsp3) is 0.318. The second-order valence-corrected chi connectivity index (χ2v) is 7.51. The molecule has 2 aliphatic rings. The van der Waals surface area contributed by atoms with Crippen LogP contribution in [0.1, 0.15) is 31.4 Å². The molecule has 0 unspecified atom stereocenters. The van der Waals surface area contributed by atoms with Gasteiger partial charge in [-0.05, 0) is 36.6 Å². The minimum Gasteiger partial charge on any atom is -0.454 e. The molecule has 4 rings (SSSR count). The maximum absolute atomic E-state index is 13.0. The molecule has 30 heavy (non-hydrogen) atoms. The highest BCUT2D eigenvalue weighted by Crippen LogP contribution is 2.34. The Bertz CT molecular complexity index is 1000. The van der Waals surface area contributed by atoms with Crippen molar-refractivity contribution in [2.24, 2.45) is 0 Å². The van der Waals surface area contributed by atoms with Gasteiger partial charge in [0.1, 0.15) is 12.1 Å². The van der Waals surface area contributed by atoms with Crippen molar-refractivity contribution in [1.82, 2.24) is 10.2 Å². The fourth-order valence-electron chi connectivity index (χ4n) is 3.65. The van der Waals surface area contributed by atoms with Gasteiger partial charge in [-0.2, -0.15) is 0 Å². The number of nitrogens with one attached hydrogen (secondary N) is 2. The Labute approximate surface area is 174 Å². The Morgan fingerprint density at radius 1 is 1.13 bits per heavy atom. The lowest BCUT2D eigenvalue weighted by atomic mass is 9.91. The third-order valence-electron chi connectivity index (χ3n) is 5.30. The minimum atomic E-state index is -1.21. The summed E-state index contributed by atoms with van der Waals surface area (Å²) in [5, 5.41) is 5.40. The molecule has 1 atom stereocenters. The largest absolute Gasteiger partial charge is 0.454 e. The van der Waals surface area contributed by atoms with Crippen molar-refractivity contribution in [3.8, 4) is 11.5 Å². The molecule has 0 aliphatic carbocycles. The number of urea groups is 1. The van der Waals surface area contributed by atoms with E-state index in [9.17, 15) is 14.4 Å². The van der Waals surface area contributed by atoms with Gasteiger partial charge in [-0.3, -0.25) is 14.5 Å². The number of carbonyl (C=O) groups is 3. The monoisotopic (exact) mass is 409 g/mol. The molecule has 0 saturated carbocycles. The molecule has 2 aromatic carbocycles. The van der Waals surface area contributed by atoms with E-state index in [0.717, 1.165) is 17.7 Å². The lowest BCUT2D eigenvalue weighted by Crippen LogP contribution is -2.42. The first-order valence-corrected chi connectivity index (χ1v) is 9.84. The van der Waals surface area contributed by atoms with Crippen LogP contribution in [0.4, 0.5) is 10.5 Å². The van der Waals surface area contributed by atoms with Crippen LogP contribution in [-0.4, -0.2) is 36.1 Å². The molecule has 0 bridgehead atoms. The minimum absolute atomic E-state index is 0.132. The number of anilines is 1. The second kappa shape index (κ2) is 7.70. The summed E-state index contributed by atoms with van der Waals surface area (Å²) in [5.41, 5.74) is 1.13. The summed E-state index contributed by atoms with van der Waals surface area (Å²) in [6, 6.07) is 12.0. The molecule has 2 aliphatic heterocycles. The predicted molar refractivity (Wildman–Crippen MR) is 109 cm³/mol. The number of rotatable bonds is 6. The molecular formula is C22H23N3O5. The van der Waals surface area contributed by atoms with Crippen LogP contribution in [-0.2, 0) is 21.5 Å². The van der Waals surface area contributed by atoms with Crippen LogP contribution in [0.3, 0.4) is 0 Å².